The van der Waals surface area contributed by atoms with Crippen LogP contribution in [0.5, 0.6) is 11.5 Å². The van der Waals surface area contributed by atoms with Crippen LogP contribution in [-0.2, 0) is 0 Å². The zero-order valence-electron chi connectivity index (χ0n) is 10.8. The van der Waals surface area contributed by atoms with Crippen LogP contribution in [0.3, 0.4) is 0 Å². The van der Waals surface area contributed by atoms with Gasteiger partial charge in [0.25, 0.3) is 0 Å². The van der Waals surface area contributed by atoms with Gasteiger partial charge in [0.1, 0.15) is 11.5 Å². The van der Waals surface area contributed by atoms with Gasteiger partial charge in [-0.25, -0.2) is 0 Å². The number of rotatable bonds is 4. The number of aryl methyl sites for hydroxylation is 1. The molecule has 2 rings (SSSR count). The quantitative estimate of drug-likeness (QED) is 0.695. The van der Waals surface area contributed by atoms with Crippen molar-refractivity contribution in [3.63, 3.8) is 0 Å². The third-order valence-corrected chi connectivity index (χ3v) is 3.56. The highest BCUT2D eigenvalue weighted by atomic mass is 32.2. The Labute approximate surface area is 119 Å². The molecule has 2 aromatic rings. The molecule has 5 heteroatoms. The first kappa shape index (κ1) is 14.8. The van der Waals surface area contributed by atoms with Crippen molar-refractivity contribution >= 4 is 11.8 Å². The highest BCUT2D eigenvalue weighted by Crippen LogP contribution is 2.29. The monoisotopic (exact) mass is 298 g/mol. The summed E-state index contributed by atoms with van der Waals surface area (Å²) in [6.07, 6.45) is -4.15. The third kappa shape index (κ3) is 4.81. The average molecular weight is 298 g/mol. The van der Waals surface area contributed by atoms with Crippen molar-refractivity contribution in [3.05, 3.63) is 54.1 Å². The standard InChI is InChI=1S/C15H13F3OS/c1-11-2-4-12(5-3-11)19-13-6-8-14(9-7-13)20-10-15(16,17)18/h2-9H,10H2,1H3. The molecule has 20 heavy (non-hydrogen) atoms. The molecule has 0 bridgehead atoms. The van der Waals surface area contributed by atoms with Gasteiger partial charge in [0.05, 0.1) is 5.75 Å². The summed E-state index contributed by atoms with van der Waals surface area (Å²) in [6.45, 7) is 1.98. The van der Waals surface area contributed by atoms with Crippen LogP contribution in [-0.4, -0.2) is 11.9 Å². The Kier molecular flexibility index (Phi) is 4.60. The predicted octanol–water partition coefficient (Wildman–Crippen LogP) is 5.44. The molecule has 0 aliphatic rings. The van der Waals surface area contributed by atoms with Crippen LogP contribution < -0.4 is 4.74 Å². The highest BCUT2D eigenvalue weighted by Gasteiger charge is 2.27. The van der Waals surface area contributed by atoms with E-state index in [1.165, 1.54) is 0 Å². The molecule has 0 atom stereocenters. The second-order valence-corrected chi connectivity index (χ2v) is 5.34. The summed E-state index contributed by atoms with van der Waals surface area (Å²) in [7, 11) is 0. The first-order valence-corrected chi connectivity index (χ1v) is 6.95. The van der Waals surface area contributed by atoms with Gasteiger partial charge in [-0.2, -0.15) is 13.2 Å². The van der Waals surface area contributed by atoms with E-state index in [9.17, 15) is 13.2 Å². The minimum Gasteiger partial charge on any atom is -0.457 e. The van der Waals surface area contributed by atoms with E-state index < -0.39 is 11.9 Å². The number of alkyl halides is 3. The molecular weight excluding hydrogens is 285 g/mol. The Morgan fingerprint density at radius 2 is 1.40 bits per heavy atom. The summed E-state index contributed by atoms with van der Waals surface area (Å²) in [5, 5.41) is 0. The van der Waals surface area contributed by atoms with Gasteiger partial charge < -0.3 is 4.74 Å². The number of hydrogen-bond acceptors (Lipinski definition) is 2. The molecule has 0 aliphatic carbocycles. The smallest absolute Gasteiger partial charge is 0.398 e. The van der Waals surface area contributed by atoms with Gasteiger partial charge in [-0.15, -0.1) is 11.8 Å². The van der Waals surface area contributed by atoms with Crippen LogP contribution >= 0.6 is 11.8 Å². The van der Waals surface area contributed by atoms with Crippen LogP contribution in [0.15, 0.2) is 53.4 Å². The van der Waals surface area contributed by atoms with Crippen LogP contribution in [0.25, 0.3) is 0 Å². The van der Waals surface area contributed by atoms with E-state index in [-0.39, 0.29) is 0 Å². The topological polar surface area (TPSA) is 9.23 Å². The fourth-order valence-electron chi connectivity index (χ4n) is 1.51. The molecule has 0 heterocycles. The Morgan fingerprint density at radius 3 is 1.90 bits per heavy atom. The van der Waals surface area contributed by atoms with Gasteiger partial charge >= 0.3 is 6.18 Å². The number of benzene rings is 2. The molecule has 0 radical (unpaired) electrons. The van der Waals surface area contributed by atoms with Crippen LogP contribution in [0.1, 0.15) is 5.56 Å². The molecule has 0 fully saturated rings. The van der Waals surface area contributed by atoms with E-state index in [1.807, 2.05) is 31.2 Å². The second-order valence-electron chi connectivity index (χ2n) is 4.29. The van der Waals surface area contributed by atoms with Crippen LogP contribution in [0.4, 0.5) is 13.2 Å². The lowest BCUT2D eigenvalue weighted by atomic mass is 10.2. The van der Waals surface area contributed by atoms with Crippen LogP contribution in [0.2, 0.25) is 0 Å². The van der Waals surface area contributed by atoms with Gasteiger partial charge in [0.15, 0.2) is 0 Å². The van der Waals surface area contributed by atoms with E-state index in [4.69, 9.17) is 4.74 Å². The normalized spacial score (nSPS) is 11.4. The predicted molar refractivity (Wildman–Crippen MR) is 74.5 cm³/mol. The molecule has 2 aromatic carbocycles. The SMILES string of the molecule is Cc1ccc(Oc2ccc(SCC(F)(F)F)cc2)cc1. The first-order valence-electron chi connectivity index (χ1n) is 5.96. The summed E-state index contributed by atoms with van der Waals surface area (Å²) in [6, 6.07) is 14.1. The molecule has 0 aliphatic heterocycles. The van der Waals surface area contributed by atoms with Crippen molar-refractivity contribution in [2.75, 3.05) is 5.75 Å². The minimum atomic E-state index is -4.15. The lowest BCUT2D eigenvalue weighted by Gasteiger charge is -2.08. The van der Waals surface area contributed by atoms with Crippen molar-refractivity contribution in [2.45, 2.75) is 18.0 Å². The number of halogens is 3. The van der Waals surface area contributed by atoms with Crippen molar-refractivity contribution in [1.82, 2.24) is 0 Å². The first-order chi connectivity index (χ1) is 9.42. The number of hydrogen-bond donors (Lipinski definition) is 0. The van der Waals surface area contributed by atoms with E-state index in [2.05, 4.69) is 0 Å². The summed E-state index contributed by atoms with van der Waals surface area (Å²) < 4.78 is 41.9. The van der Waals surface area contributed by atoms with Gasteiger partial charge in [-0.1, -0.05) is 17.7 Å². The second kappa shape index (κ2) is 6.22. The molecule has 0 spiro atoms. The Morgan fingerprint density at radius 1 is 0.900 bits per heavy atom. The molecule has 0 amide bonds. The molecule has 0 unspecified atom stereocenters. The van der Waals surface area contributed by atoms with Crippen molar-refractivity contribution < 1.29 is 17.9 Å². The fourth-order valence-corrected chi connectivity index (χ4v) is 2.17. The molecule has 0 saturated carbocycles. The summed E-state index contributed by atoms with van der Waals surface area (Å²) in [5.41, 5.74) is 1.14. The lowest BCUT2D eigenvalue weighted by Crippen LogP contribution is -2.10. The molecule has 106 valence electrons. The summed E-state index contributed by atoms with van der Waals surface area (Å²) >= 11 is 0.764. The van der Waals surface area contributed by atoms with Gasteiger partial charge in [0.2, 0.25) is 0 Å². The maximum Gasteiger partial charge on any atom is 0.398 e. The largest absolute Gasteiger partial charge is 0.457 e. The Balaban J connectivity index is 1.96. The maximum absolute atomic E-state index is 12.1. The fraction of sp³-hybridized carbons (Fsp3) is 0.200. The van der Waals surface area contributed by atoms with Gasteiger partial charge in [-0.3, -0.25) is 0 Å². The van der Waals surface area contributed by atoms with E-state index in [0.29, 0.717) is 16.4 Å². The number of thioether (sulfide) groups is 1. The van der Waals surface area contributed by atoms with Crippen molar-refractivity contribution in [2.24, 2.45) is 0 Å². The molecular formula is C15H13F3OS. The summed E-state index contributed by atoms with van der Waals surface area (Å²) in [4.78, 5) is 0.568. The zero-order chi connectivity index (χ0) is 14.6. The Hall–Kier alpha value is -1.62. The minimum absolute atomic E-state index is 0.568. The van der Waals surface area contributed by atoms with Crippen molar-refractivity contribution in [3.8, 4) is 11.5 Å². The lowest BCUT2D eigenvalue weighted by molar-refractivity contribution is -0.105. The molecule has 0 saturated heterocycles. The zero-order valence-corrected chi connectivity index (χ0v) is 11.6. The van der Waals surface area contributed by atoms with Crippen molar-refractivity contribution in [1.29, 1.82) is 0 Å². The number of ether oxygens (including phenoxy) is 1. The van der Waals surface area contributed by atoms with E-state index >= 15 is 0 Å². The maximum atomic E-state index is 12.1. The van der Waals surface area contributed by atoms with Gasteiger partial charge in [-0.05, 0) is 43.3 Å². The molecule has 1 nitrogen and oxygen atoms in total. The summed E-state index contributed by atoms with van der Waals surface area (Å²) in [5.74, 6) is 0.419. The average Bonchev–Trinajstić information content (AvgIpc) is 2.40. The Bertz CT molecular complexity index is 547. The van der Waals surface area contributed by atoms with E-state index in [1.54, 1.807) is 24.3 Å². The van der Waals surface area contributed by atoms with E-state index in [0.717, 1.165) is 17.3 Å². The van der Waals surface area contributed by atoms with Crippen LogP contribution in [0, 0.1) is 6.92 Å². The van der Waals surface area contributed by atoms with Gasteiger partial charge in [0, 0.05) is 4.90 Å². The third-order valence-electron chi connectivity index (χ3n) is 2.48. The highest BCUT2D eigenvalue weighted by molar-refractivity contribution is 7.99. The molecule has 0 N–H and O–H groups in total. The molecule has 0 aromatic heterocycles.